The van der Waals surface area contributed by atoms with Gasteiger partial charge in [0, 0.05) is 18.6 Å². The second-order valence-corrected chi connectivity index (χ2v) is 8.19. The van der Waals surface area contributed by atoms with E-state index in [0.29, 0.717) is 27.6 Å². The van der Waals surface area contributed by atoms with E-state index in [4.69, 9.17) is 9.47 Å². The highest BCUT2D eigenvalue weighted by Gasteiger charge is 2.20. The van der Waals surface area contributed by atoms with Crippen LogP contribution in [0.2, 0.25) is 0 Å². The molecule has 3 aromatic rings. The molecule has 28 heavy (non-hydrogen) atoms. The minimum atomic E-state index is -0.349. The highest BCUT2D eigenvalue weighted by molar-refractivity contribution is 8.00. The number of carbonyl (C=O) groups is 1. The maximum atomic E-state index is 12.3. The quantitative estimate of drug-likeness (QED) is 0.560. The number of benzene rings is 1. The van der Waals surface area contributed by atoms with Gasteiger partial charge >= 0.3 is 0 Å². The molecular formula is C18H21N5O3S2. The third-order valence-corrected chi connectivity index (χ3v) is 5.74. The van der Waals surface area contributed by atoms with E-state index in [0.717, 1.165) is 5.56 Å². The third-order valence-electron chi connectivity index (χ3n) is 3.91. The summed E-state index contributed by atoms with van der Waals surface area (Å²) in [6, 6.07) is 5.74. The van der Waals surface area contributed by atoms with E-state index >= 15 is 0 Å². The van der Waals surface area contributed by atoms with Crippen LogP contribution in [0.15, 0.2) is 34.9 Å². The van der Waals surface area contributed by atoms with Gasteiger partial charge in [-0.3, -0.25) is 4.79 Å². The van der Waals surface area contributed by atoms with Crippen molar-refractivity contribution in [2.24, 2.45) is 7.05 Å². The van der Waals surface area contributed by atoms with Crippen LogP contribution < -0.4 is 14.8 Å². The highest BCUT2D eigenvalue weighted by atomic mass is 32.2. The molecule has 2 heterocycles. The normalized spacial score (nSPS) is 11.9. The first-order valence-corrected chi connectivity index (χ1v) is 10.3. The number of nitrogens with zero attached hydrogens (tertiary/aromatic N) is 4. The van der Waals surface area contributed by atoms with Crippen molar-refractivity contribution in [2.75, 3.05) is 12.4 Å². The zero-order valence-electron chi connectivity index (χ0n) is 16.0. The molecule has 0 saturated carbocycles. The highest BCUT2D eigenvalue weighted by Crippen LogP contribution is 2.29. The molecule has 1 aromatic carbocycles. The van der Waals surface area contributed by atoms with Gasteiger partial charge in [-0.2, -0.15) is 0 Å². The minimum Gasteiger partial charge on any atom is -0.493 e. The number of anilines is 1. The third kappa shape index (κ3) is 4.82. The van der Waals surface area contributed by atoms with E-state index < -0.39 is 0 Å². The summed E-state index contributed by atoms with van der Waals surface area (Å²) in [6.07, 6.45) is 1.65. The molecular weight excluding hydrogens is 398 g/mol. The van der Waals surface area contributed by atoms with Gasteiger partial charge in [-0.05, 0) is 31.5 Å². The number of ether oxygens (including phenoxy) is 2. The minimum absolute atomic E-state index is 0.134. The first-order valence-electron chi connectivity index (χ1n) is 8.50. The van der Waals surface area contributed by atoms with Gasteiger partial charge in [0.1, 0.15) is 6.61 Å². The van der Waals surface area contributed by atoms with Crippen molar-refractivity contribution in [3.05, 3.63) is 41.2 Å². The molecule has 1 atom stereocenters. The van der Waals surface area contributed by atoms with Crippen molar-refractivity contribution in [3.63, 3.8) is 0 Å². The molecule has 0 radical (unpaired) electrons. The topological polar surface area (TPSA) is 91.2 Å². The Labute approximate surface area is 171 Å². The standard InChI is InChI=1S/C18H21N5O3S2/c1-11-5-6-13(14(9-11)25-4)26-10-15-21-22-18(23(15)3)28-12(2)16(24)20-17-19-7-8-27-17/h5-9,12H,10H2,1-4H3,(H,19,20,24). The number of hydrogen-bond donors (Lipinski definition) is 1. The summed E-state index contributed by atoms with van der Waals surface area (Å²) < 4.78 is 13.0. The van der Waals surface area contributed by atoms with Gasteiger partial charge in [0.2, 0.25) is 5.91 Å². The van der Waals surface area contributed by atoms with Crippen molar-refractivity contribution in [1.29, 1.82) is 0 Å². The Morgan fingerprint density at radius 3 is 2.89 bits per heavy atom. The fraction of sp³-hybridized carbons (Fsp3) is 0.333. The molecule has 0 bridgehead atoms. The molecule has 0 spiro atoms. The first kappa shape index (κ1) is 20.2. The van der Waals surface area contributed by atoms with Gasteiger partial charge < -0.3 is 19.4 Å². The van der Waals surface area contributed by atoms with Crippen LogP contribution in [0.5, 0.6) is 11.5 Å². The molecule has 3 rings (SSSR count). The molecule has 1 unspecified atom stereocenters. The Morgan fingerprint density at radius 1 is 1.36 bits per heavy atom. The summed E-state index contributed by atoms with van der Waals surface area (Å²) in [5.74, 6) is 1.83. The van der Waals surface area contributed by atoms with Gasteiger partial charge in [0.05, 0.1) is 12.4 Å². The smallest absolute Gasteiger partial charge is 0.239 e. The number of thioether (sulfide) groups is 1. The molecule has 148 valence electrons. The predicted molar refractivity (Wildman–Crippen MR) is 109 cm³/mol. The number of thiazole rings is 1. The second kappa shape index (κ2) is 9.07. The Balaban J connectivity index is 1.61. The van der Waals surface area contributed by atoms with Crippen LogP contribution in [0, 0.1) is 6.92 Å². The summed E-state index contributed by atoms with van der Waals surface area (Å²) in [7, 11) is 3.45. The van der Waals surface area contributed by atoms with Crippen LogP contribution in [0.25, 0.3) is 0 Å². The molecule has 10 heteroatoms. The SMILES string of the molecule is COc1cc(C)ccc1OCc1nnc(SC(C)C(=O)Nc2nccs2)n1C. The van der Waals surface area contributed by atoms with Crippen LogP contribution in [-0.4, -0.2) is 38.0 Å². The average molecular weight is 420 g/mol. The van der Waals surface area contributed by atoms with Crippen LogP contribution >= 0.6 is 23.1 Å². The van der Waals surface area contributed by atoms with Gasteiger partial charge in [0.25, 0.3) is 0 Å². The summed E-state index contributed by atoms with van der Waals surface area (Å²) in [5, 5.41) is 13.8. The molecule has 2 aromatic heterocycles. The number of amides is 1. The van der Waals surface area contributed by atoms with Crippen molar-refractivity contribution in [2.45, 2.75) is 30.9 Å². The van der Waals surface area contributed by atoms with Crippen molar-refractivity contribution >= 4 is 34.1 Å². The lowest BCUT2D eigenvalue weighted by atomic mass is 10.2. The molecule has 0 aliphatic heterocycles. The van der Waals surface area contributed by atoms with Crippen molar-refractivity contribution in [1.82, 2.24) is 19.7 Å². The summed E-state index contributed by atoms with van der Waals surface area (Å²) in [5.41, 5.74) is 1.09. The Kier molecular flexibility index (Phi) is 6.53. The van der Waals surface area contributed by atoms with E-state index in [-0.39, 0.29) is 17.8 Å². The number of hydrogen-bond acceptors (Lipinski definition) is 8. The Bertz CT molecular complexity index is 943. The first-order chi connectivity index (χ1) is 13.5. The van der Waals surface area contributed by atoms with Crippen molar-refractivity contribution in [3.8, 4) is 11.5 Å². The number of aryl methyl sites for hydroxylation is 1. The maximum Gasteiger partial charge on any atom is 0.239 e. The number of aromatic nitrogens is 4. The van der Waals surface area contributed by atoms with Crippen LogP contribution in [0.4, 0.5) is 5.13 Å². The summed E-state index contributed by atoms with van der Waals surface area (Å²) >= 11 is 2.70. The monoisotopic (exact) mass is 419 g/mol. The average Bonchev–Trinajstić information content (AvgIpc) is 3.31. The number of methoxy groups -OCH3 is 1. The molecule has 0 fully saturated rings. The van der Waals surface area contributed by atoms with E-state index in [1.54, 1.807) is 13.3 Å². The van der Waals surface area contributed by atoms with E-state index in [9.17, 15) is 4.79 Å². The van der Waals surface area contributed by atoms with Crippen molar-refractivity contribution < 1.29 is 14.3 Å². The van der Waals surface area contributed by atoms with Crippen LogP contribution in [0.3, 0.4) is 0 Å². The molecule has 1 amide bonds. The summed E-state index contributed by atoms with van der Waals surface area (Å²) in [6.45, 7) is 4.04. The lowest BCUT2D eigenvalue weighted by Gasteiger charge is -2.12. The van der Waals surface area contributed by atoms with E-state index in [2.05, 4.69) is 20.5 Å². The second-order valence-electron chi connectivity index (χ2n) is 5.99. The number of nitrogens with one attached hydrogen (secondary N) is 1. The largest absolute Gasteiger partial charge is 0.493 e. The lowest BCUT2D eigenvalue weighted by Crippen LogP contribution is -2.22. The van der Waals surface area contributed by atoms with Gasteiger partial charge in [-0.15, -0.1) is 21.5 Å². The molecule has 0 aliphatic rings. The molecule has 0 aliphatic carbocycles. The predicted octanol–water partition coefficient (Wildman–Crippen LogP) is 3.29. The van der Waals surface area contributed by atoms with Gasteiger partial charge in [0.15, 0.2) is 27.6 Å². The fourth-order valence-corrected chi connectivity index (χ4v) is 3.68. The summed E-state index contributed by atoms with van der Waals surface area (Å²) in [4.78, 5) is 16.3. The Morgan fingerprint density at radius 2 is 2.18 bits per heavy atom. The zero-order valence-corrected chi connectivity index (χ0v) is 17.6. The zero-order chi connectivity index (χ0) is 20.1. The fourth-order valence-electron chi connectivity index (χ4n) is 2.31. The van der Waals surface area contributed by atoms with E-state index in [1.807, 2.05) is 49.0 Å². The van der Waals surface area contributed by atoms with E-state index in [1.165, 1.54) is 23.1 Å². The molecule has 8 nitrogen and oxygen atoms in total. The Hall–Kier alpha value is -2.59. The van der Waals surface area contributed by atoms with Crippen LogP contribution in [0.1, 0.15) is 18.3 Å². The van der Waals surface area contributed by atoms with Gasteiger partial charge in [-0.25, -0.2) is 4.98 Å². The maximum absolute atomic E-state index is 12.3. The number of carbonyl (C=O) groups excluding carboxylic acids is 1. The lowest BCUT2D eigenvalue weighted by molar-refractivity contribution is -0.115. The van der Waals surface area contributed by atoms with Gasteiger partial charge in [-0.1, -0.05) is 17.8 Å². The number of rotatable bonds is 8. The molecule has 1 N–H and O–H groups in total. The van der Waals surface area contributed by atoms with Crippen LogP contribution in [-0.2, 0) is 18.4 Å². The molecule has 0 saturated heterocycles.